The molecule has 0 unspecified atom stereocenters. The summed E-state index contributed by atoms with van der Waals surface area (Å²) in [5.41, 5.74) is 0. The van der Waals surface area contributed by atoms with Crippen LogP contribution in [0.3, 0.4) is 0 Å². The van der Waals surface area contributed by atoms with E-state index in [2.05, 4.69) is 20.8 Å². The molecule has 0 bridgehead atoms. The third-order valence-corrected chi connectivity index (χ3v) is 0. The predicted octanol–water partition coefficient (Wildman–Crippen LogP) is 3.30. The van der Waals surface area contributed by atoms with E-state index in [-0.39, 0.29) is 0 Å². The molecule has 0 amide bonds. The molecule has 0 saturated heterocycles. The van der Waals surface area contributed by atoms with Gasteiger partial charge in [-0.3, -0.25) is 0 Å². The topological polar surface area (TPSA) is 0 Å². The fraction of sp³-hybridized carbons (Fsp3) is 1.00. The molecule has 1 heteroatoms. The first-order valence-corrected chi connectivity index (χ1v) is 3.54. The van der Waals surface area contributed by atoms with Gasteiger partial charge in [-0.05, 0) is 19.8 Å². The van der Waals surface area contributed by atoms with Gasteiger partial charge in [0.2, 0.25) is 0 Å². The normalized spacial score (nSPS) is 9.00. The number of halogens is 1. The van der Waals surface area contributed by atoms with Crippen molar-refractivity contribution in [2.45, 2.75) is 40.0 Å². The highest BCUT2D eigenvalue weighted by molar-refractivity contribution is 6.20. The summed E-state index contributed by atoms with van der Waals surface area (Å²) in [6.45, 7) is 10.4. The summed E-state index contributed by atoms with van der Waals surface area (Å²) in [4.78, 5) is 0. The van der Waals surface area contributed by atoms with Gasteiger partial charge in [0.15, 0.2) is 0 Å². The fourth-order valence-corrected chi connectivity index (χ4v) is 0. The van der Waals surface area contributed by atoms with Gasteiger partial charge in [-0.1, -0.05) is 20.8 Å². The first-order chi connectivity index (χ1) is 3.46. The Hall–Kier alpha value is 0.290. The number of alkyl halides is 1. The van der Waals surface area contributed by atoms with Gasteiger partial charge in [0.25, 0.3) is 0 Å². The Morgan fingerprint density at radius 1 is 0.875 bits per heavy atom. The largest absolute Gasteiger partial charge is 0.124 e. The molecule has 0 aliphatic rings. The highest BCUT2D eigenvalue weighted by atomic mass is 35.5. The van der Waals surface area contributed by atoms with E-state index in [1.54, 1.807) is 0 Å². The first-order valence-electron chi connectivity index (χ1n) is 3.10. The van der Waals surface area contributed by atoms with Gasteiger partial charge in [0.05, 0.1) is 0 Å². The molecule has 0 aromatic carbocycles. The van der Waals surface area contributed by atoms with Crippen molar-refractivity contribution in [2.75, 3.05) is 0 Å². The Balaban J connectivity index is 0. The molecular weight excluding hydrogens is 120 g/mol. The maximum atomic E-state index is 5.27. The molecule has 0 heterocycles. The highest BCUT2D eigenvalue weighted by Gasteiger charge is 1.71. The summed E-state index contributed by atoms with van der Waals surface area (Å²) in [7, 11) is 0. The molecule has 52 valence electrons. The quantitative estimate of drug-likeness (QED) is 0.449. The van der Waals surface area contributed by atoms with Crippen LogP contribution in [0.2, 0.25) is 0 Å². The van der Waals surface area contributed by atoms with E-state index in [9.17, 15) is 0 Å². The Kier molecular flexibility index (Phi) is 10.1. The molecular formula is C7H17Cl. The van der Waals surface area contributed by atoms with E-state index in [1.165, 1.54) is 0 Å². The van der Waals surface area contributed by atoms with E-state index in [4.69, 9.17) is 11.6 Å². The zero-order chi connectivity index (χ0) is 7.15. The minimum Gasteiger partial charge on any atom is -0.124 e. The lowest BCUT2D eigenvalue weighted by atomic mass is 10.3. The molecule has 0 aromatic rings. The van der Waals surface area contributed by atoms with Gasteiger partial charge in [-0.2, -0.15) is 0 Å². The van der Waals surface area contributed by atoms with Crippen molar-refractivity contribution in [3.05, 3.63) is 0 Å². The van der Waals surface area contributed by atoms with E-state index >= 15 is 0 Å². The molecule has 0 radical (unpaired) electrons. The van der Waals surface area contributed by atoms with E-state index < -0.39 is 0 Å². The molecule has 0 aliphatic carbocycles. The summed E-state index contributed by atoms with van der Waals surface area (Å²) >= 11 is 5.27. The van der Waals surface area contributed by atoms with Crippen molar-refractivity contribution in [1.29, 1.82) is 0 Å². The molecule has 0 nitrogen and oxygen atoms in total. The Labute approximate surface area is 58.2 Å². The minimum atomic E-state index is 0.306. The lowest BCUT2D eigenvalue weighted by molar-refractivity contribution is 0.737. The van der Waals surface area contributed by atoms with Crippen LogP contribution in [-0.4, -0.2) is 5.38 Å². The van der Waals surface area contributed by atoms with Crippen LogP contribution in [0.4, 0.5) is 0 Å². The van der Waals surface area contributed by atoms with Crippen molar-refractivity contribution in [3.8, 4) is 0 Å². The van der Waals surface area contributed by atoms with Crippen molar-refractivity contribution in [3.63, 3.8) is 0 Å². The molecule has 0 atom stereocenters. The lowest BCUT2D eigenvalue weighted by Crippen LogP contribution is -1.70. The third kappa shape index (κ3) is 2090. The van der Waals surface area contributed by atoms with Gasteiger partial charge in [-0.25, -0.2) is 0 Å². The average molecular weight is 137 g/mol. The standard InChI is InChI=1S/C4H10.C3H7Cl/c1-4(2)3;1-3(2)4/h4H,1-3H3;3H,1-2H3. The Morgan fingerprint density at radius 2 is 0.875 bits per heavy atom. The van der Waals surface area contributed by atoms with Crippen molar-refractivity contribution >= 4 is 11.6 Å². The molecule has 0 N–H and O–H groups in total. The highest BCUT2D eigenvalue weighted by Crippen LogP contribution is 1.84. The first kappa shape index (κ1) is 11.1. The van der Waals surface area contributed by atoms with Gasteiger partial charge < -0.3 is 0 Å². The summed E-state index contributed by atoms with van der Waals surface area (Å²) in [6.07, 6.45) is 0. The summed E-state index contributed by atoms with van der Waals surface area (Å²) in [6, 6.07) is 0. The molecule has 0 aliphatic heterocycles. The Morgan fingerprint density at radius 3 is 0.875 bits per heavy atom. The molecule has 0 fully saturated rings. The van der Waals surface area contributed by atoms with Gasteiger partial charge in [0.1, 0.15) is 0 Å². The summed E-state index contributed by atoms with van der Waals surface area (Å²) in [5.74, 6) is 0.833. The second kappa shape index (κ2) is 7.29. The van der Waals surface area contributed by atoms with Gasteiger partial charge >= 0.3 is 0 Å². The molecule has 0 spiro atoms. The zero-order valence-electron chi connectivity index (χ0n) is 6.53. The summed E-state index contributed by atoms with van der Waals surface area (Å²) in [5, 5.41) is 0.306. The van der Waals surface area contributed by atoms with Crippen molar-refractivity contribution < 1.29 is 0 Å². The lowest BCUT2D eigenvalue weighted by Gasteiger charge is -1.79. The van der Waals surface area contributed by atoms with Crippen molar-refractivity contribution in [1.82, 2.24) is 0 Å². The van der Waals surface area contributed by atoms with Crippen LogP contribution in [0.15, 0.2) is 0 Å². The van der Waals surface area contributed by atoms with Crippen LogP contribution in [0, 0.1) is 5.92 Å². The summed E-state index contributed by atoms with van der Waals surface area (Å²) < 4.78 is 0. The third-order valence-electron chi connectivity index (χ3n) is 0. The van der Waals surface area contributed by atoms with Crippen LogP contribution < -0.4 is 0 Å². The smallest absolute Gasteiger partial charge is 0.0279 e. The predicted molar refractivity (Wildman–Crippen MR) is 41.5 cm³/mol. The number of hydrogen-bond acceptors (Lipinski definition) is 0. The van der Waals surface area contributed by atoms with Gasteiger partial charge in [-0.15, -0.1) is 11.6 Å². The van der Waals surface area contributed by atoms with E-state index in [1.807, 2.05) is 13.8 Å². The van der Waals surface area contributed by atoms with Crippen molar-refractivity contribution in [2.24, 2.45) is 5.92 Å². The molecule has 8 heavy (non-hydrogen) atoms. The second-order valence-electron chi connectivity index (χ2n) is 2.75. The molecule has 0 rings (SSSR count). The van der Waals surface area contributed by atoms with Crippen LogP contribution >= 0.6 is 11.6 Å². The SMILES string of the molecule is CC(C)C.CC(C)Cl. The maximum Gasteiger partial charge on any atom is 0.0279 e. The van der Waals surface area contributed by atoms with E-state index in [0.717, 1.165) is 5.92 Å². The van der Waals surface area contributed by atoms with Crippen LogP contribution in [0.1, 0.15) is 34.6 Å². The maximum absolute atomic E-state index is 5.27. The van der Waals surface area contributed by atoms with E-state index in [0.29, 0.717) is 5.38 Å². The average Bonchev–Trinajstić information content (AvgIpc) is 1.25. The number of hydrogen-bond donors (Lipinski definition) is 0. The second-order valence-corrected chi connectivity index (χ2v) is 3.62. The van der Waals surface area contributed by atoms with Crippen LogP contribution in [0.25, 0.3) is 0 Å². The van der Waals surface area contributed by atoms with Crippen LogP contribution in [0.5, 0.6) is 0 Å². The molecule has 0 aromatic heterocycles. The van der Waals surface area contributed by atoms with Gasteiger partial charge in [0, 0.05) is 5.38 Å². The monoisotopic (exact) mass is 136 g/mol. The van der Waals surface area contributed by atoms with Crippen LogP contribution in [-0.2, 0) is 0 Å². The zero-order valence-corrected chi connectivity index (χ0v) is 7.29. The Bertz CT molecular complexity index is 19.9. The number of rotatable bonds is 0. The fourth-order valence-electron chi connectivity index (χ4n) is 0. The minimum absolute atomic E-state index is 0.306. The molecule has 0 saturated carbocycles.